The van der Waals surface area contributed by atoms with E-state index in [9.17, 15) is 14.4 Å². The molecule has 2 aromatic carbocycles. The number of benzene rings is 2. The van der Waals surface area contributed by atoms with E-state index in [0.717, 1.165) is 41.7 Å². The molecule has 8 heteroatoms. The van der Waals surface area contributed by atoms with Gasteiger partial charge in [0.05, 0.1) is 27.9 Å². The molecule has 0 N–H and O–H groups in total. The maximum Gasteiger partial charge on any atom is 0.328 e. The summed E-state index contributed by atoms with van der Waals surface area (Å²) in [5, 5.41) is 0. The van der Waals surface area contributed by atoms with Gasteiger partial charge in [0.2, 0.25) is 0 Å². The van der Waals surface area contributed by atoms with Crippen LogP contribution in [0.2, 0.25) is 0 Å². The van der Waals surface area contributed by atoms with E-state index in [1.54, 1.807) is 20.1 Å². The van der Waals surface area contributed by atoms with Gasteiger partial charge in [-0.15, -0.1) is 0 Å². The second kappa shape index (κ2) is 12.6. The summed E-state index contributed by atoms with van der Waals surface area (Å²) in [7, 11) is 4.64. The average molecular weight is 512 g/mol. The first-order valence-electron chi connectivity index (χ1n) is 12.6. The van der Waals surface area contributed by atoms with E-state index in [0.29, 0.717) is 36.4 Å². The predicted molar refractivity (Wildman–Crippen MR) is 140 cm³/mol. The highest BCUT2D eigenvalue weighted by atomic mass is 16.5. The normalized spacial score (nSPS) is 15.2. The standard InChI is InChI=1S/C29H37NO7/c1-18-14-21(16-24(34-4)20(18)3)10-9-13-37-29(33)23-11-7-8-12-30(23)28(32)26(31)22-15-19(2)27(36-6)25(17-22)35-5/h14-17,23H,7-13H2,1-6H3. The van der Waals surface area contributed by atoms with Crippen LogP contribution >= 0.6 is 0 Å². The number of amides is 1. The molecule has 8 nitrogen and oxygen atoms in total. The van der Waals surface area contributed by atoms with Crippen molar-refractivity contribution in [2.45, 2.75) is 58.9 Å². The number of rotatable bonds is 10. The average Bonchev–Trinajstić information content (AvgIpc) is 2.91. The first-order chi connectivity index (χ1) is 17.7. The molecule has 0 aromatic heterocycles. The van der Waals surface area contributed by atoms with Crippen molar-refractivity contribution >= 4 is 17.7 Å². The van der Waals surface area contributed by atoms with Gasteiger partial charge in [0.1, 0.15) is 11.8 Å². The number of likely N-dealkylation sites (tertiary alicyclic amines) is 1. The maximum absolute atomic E-state index is 13.2. The quantitative estimate of drug-likeness (QED) is 0.202. The zero-order valence-corrected chi connectivity index (χ0v) is 22.6. The van der Waals surface area contributed by atoms with Crippen molar-refractivity contribution in [2.75, 3.05) is 34.5 Å². The molecule has 200 valence electrons. The highest BCUT2D eigenvalue weighted by Crippen LogP contribution is 2.32. The Bertz CT molecular complexity index is 1160. The second-order valence-corrected chi connectivity index (χ2v) is 9.38. The molecular formula is C29H37NO7. The lowest BCUT2D eigenvalue weighted by atomic mass is 9.99. The Morgan fingerprint density at radius 3 is 2.30 bits per heavy atom. The smallest absolute Gasteiger partial charge is 0.328 e. The van der Waals surface area contributed by atoms with Gasteiger partial charge in [-0.05, 0) is 93.3 Å². The van der Waals surface area contributed by atoms with E-state index >= 15 is 0 Å². The largest absolute Gasteiger partial charge is 0.496 e. The predicted octanol–water partition coefficient (Wildman–Crippen LogP) is 4.38. The summed E-state index contributed by atoms with van der Waals surface area (Å²) in [6.45, 7) is 6.40. The number of aryl methyl sites for hydroxylation is 3. The molecule has 1 heterocycles. The molecule has 0 bridgehead atoms. The molecule has 37 heavy (non-hydrogen) atoms. The number of esters is 1. The molecule has 1 saturated heterocycles. The molecule has 1 aliphatic rings. The van der Waals surface area contributed by atoms with Crippen LogP contribution in [0.15, 0.2) is 24.3 Å². The van der Waals surface area contributed by atoms with Gasteiger partial charge in [-0.1, -0.05) is 6.07 Å². The second-order valence-electron chi connectivity index (χ2n) is 9.38. The zero-order chi connectivity index (χ0) is 27.1. The van der Waals surface area contributed by atoms with Crippen molar-refractivity contribution in [3.8, 4) is 17.2 Å². The van der Waals surface area contributed by atoms with Crippen molar-refractivity contribution in [2.24, 2.45) is 0 Å². The number of ether oxygens (including phenoxy) is 4. The molecule has 0 saturated carbocycles. The molecule has 1 aliphatic heterocycles. The number of piperidine rings is 1. The summed E-state index contributed by atoms with van der Waals surface area (Å²) >= 11 is 0. The van der Waals surface area contributed by atoms with Crippen LogP contribution in [0.25, 0.3) is 0 Å². The molecule has 1 unspecified atom stereocenters. The Labute approximate surface area is 218 Å². The lowest BCUT2D eigenvalue weighted by Gasteiger charge is -2.33. The molecular weight excluding hydrogens is 474 g/mol. The number of Topliss-reactive ketones (excluding diaryl/α,β-unsaturated/α-hetero) is 1. The Morgan fingerprint density at radius 1 is 0.892 bits per heavy atom. The summed E-state index contributed by atoms with van der Waals surface area (Å²) < 4.78 is 21.6. The van der Waals surface area contributed by atoms with Crippen molar-refractivity contribution in [3.63, 3.8) is 0 Å². The van der Waals surface area contributed by atoms with Crippen molar-refractivity contribution in [3.05, 3.63) is 52.1 Å². The van der Waals surface area contributed by atoms with Crippen LogP contribution in [0.1, 0.15) is 58.3 Å². The highest BCUT2D eigenvalue weighted by molar-refractivity contribution is 6.43. The van der Waals surface area contributed by atoms with Crippen LogP contribution in [-0.4, -0.2) is 63.1 Å². The summed E-state index contributed by atoms with van der Waals surface area (Å²) in [5.74, 6) is -0.151. The number of nitrogens with zero attached hydrogens (tertiary/aromatic N) is 1. The fourth-order valence-electron chi connectivity index (χ4n) is 4.76. The number of ketones is 1. The summed E-state index contributed by atoms with van der Waals surface area (Å²) in [6, 6.07) is 6.44. The highest BCUT2D eigenvalue weighted by Gasteiger charge is 2.36. The first kappa shape index (κ1) is 28.0. The third-order valence-electron chi connectivity index (χ3n) is 6.91. The van der Waals surface area contributed by atoms with E-state index in [1.807, 2.05) is 19.9 Å². The third kappa shape index (κ3) is 6.42. The Kier molecular flexibility index (Phi) is 9.55. The first-order valence-corrected chi connectivity index (χ1v) is 12.6. The Balaban J connectivity index is 1.63. The summed E-state index contributed by atoms with van der Waals surface area (Å²) in [4.78, 5) is 40.6. The number of hydrogen-bond acceptors (Lipinski definition) is 7. The molecule has 2 aromatic rings. The minimum absolute atomic E-state index is 0.196. The van der Waals surface area contributed by atoms with Crippen molar-refractivity contribution in [1.82, 2.24) is 4.90 Å². The van der Waals surface area contributed by atoms with Gasteiger partial charge in [0.25, 0.3) is 11.7 Å². The lowest BCUT2D eigenvalue weighted by Crippen LogP contribution is -2.51. The van der Waals surface area contributed by atoms with E-state index in [1.165, 1.54) is 25.2 Å². The fourth-order valence-corrected chi connectivity index (χ4v) is 4.76. The van der Waals surface area contributed by atoms with Crippen LogP contribution in [0.3, 0.4) is 0 Å². The third-order valence-corrected chi connectivity index (χ3v) is 6.91. The number of methoxy groups -OCH3 is 3. The van der Waals surface area contributed by atoms with Gasteiger partial charge in [-0.3, -0.25) is 9.59 Å². The molecule has 3 rings (SSSR count). The van der Waals surface area contributed by atoms with Crippen LogP contribution in [0.5, 0.6) is 17.2 Å². The molecule has 0 radical (unpaired) electrons. The maximum atomic E-state index is 13.2. The molecule has 1 atom stereocenters. The number of carbonyl (C=O) groups is 3. The van der Waals surface area contributed by atoms with Crippen molar-refractivity contribution < 1.29 is 33.3 Å². The summed E-state index contributed by atoms with van der Waals surface area (Å²) in [5.41, 5.74) is 4.24. The van der Waals surface area contributed by atoms with Crippen LogP contribution < -0.4 is 14.2 Å². The summed E-state index contributed by atoms with van der Waals surface area (Å²) in [6.07, 6.45) is 3.35. The van der Waals surface area contributed by atoms with E-state index in [-0.39, 0.29) is 12.2 Å². The van der Waals surface area contributed by atoms with Crippen LogP contribution in [-0.2, 0) is 20.7 Å². The van der Waals surface area contributed by atoms with Gasteiger partial charge in [-0.2, -0.15) is 0 Å². The van der Waals surface area contributed by atoms with Crippen molar-refractivity contribution in [1.29, 1.82) is 0 Å². The van der Waals surface area contributed by atoms with Gasteiger partial charge in [0.15, 0.2) is 11.5 Å². The Morgan fingerprint density at radius 2 is 1.62 bits per heavy atom. The van der Waals surface area contributed by atoms with Gasteiger partial charge in [0, 0.05) is 12.1 Å². The minimum atomic E-state index is -0.770. The SMILES string of the molecule is COc1cc(CCCOC(=O)C2CCCCN2C(=O)C(=O)c2cc(C)c(OC)c(OC)c2)cc(C)c1C. The fraction of sp³-hybridized carbons (Fsp3) is 0.483. The number of hydrogen-bond donors (Lipinski definition) is 0. The van der Waals surface area contributed by atoms with Gasteiger partial charge < -0.3 is 23.8 Å². The molecule has 0 spiro atoms. The lowest BCUT2D eigenvalue weighted by molar-refractivity contribution is -0.155. The monoisotopic (exact) mass is 511 g/mol. The van der Waals surface area contributed by atoms with E-state index in [2.05, 4.69) is 6.07 Å². The molecule has 0 aliphatic carbocycles. The van der Waals surface area contributed by atoms with Crippen LogP contribution in [0, 0.1) is 20.8 Å². The molecule has 1 amide bonds. The van der Waals surface area contributed by atoms with E-state index < -0.39 is 23.7 Å². The Hall–Kier alpha value is -3.55. The molecule has 1 fully saturated rings. The van der Waals surface area contributed by atoms with Gasteiger partial charge in [-0.25, -0.2) is 4.79 Å². The van der Waals surface area contributed by atoms with Crippen LogP contribution in [0.4, 0.5) is 0 Å². The zero-order valence-electron chi connectivity index (χ0n) is 22.6. The minimum Gasteiger partial charge on any atom is -0.496 e. The number of carbonyl (C=O) groups excluding carboxylic acids is 3. The van der Waals surface area contributed by atoms with E-state index in [4.69, 9.17) is 18.9 Å². The van der Waals surface area contributed by atoms with Gasteiger partial charge >= 0.3 is 5.97 Å². The topological polar surface area (TPSA) is 91.4 Å².